The zero-order chi connectivity index (χ0) is 16.8. The Bertz CT molecular complexity index is 646. The second kappa shape index (κ2) is 8.31. The summed E-state index contributed by atoms with van der Waals surface area (Å²) in [5, 5.41) is 7.49. The number of halogens is 1. The first-order valence-corrected chi connectivity index (χ1v) is 8.91. The van der Waals surface area contributed by atoms with E-state index in [2.05, 4.69) is 44.6 Å². The maximum absolute atomic E-state index is 5.96. The van der Waals surface area contributed by atoms with Crippen LogP contribution in [0.25, 0.3) is 0 Å². The molecule has 6 heteroatoms. The molecule has 1 saturated heterocycles. The number of aromatic nitrogens is 2. The highest BCUT2D eigenvalue weighted by Crippen LogP contribution is 2.18. The number of nitrogens with zero attached hydrogens (tertiary/aromatic N) is 3. The van der Waals surface area contributed by atoms with Gasteiger partial charge in [-0.15, -0.1) is 0 Å². The molecule has 1 aromatic heterocycles. The monoisotopic (exact) mass is 345 g/mol. The molecule has 5 nitrogen and oxygen atoms in total. The van der Waals surface area contributed by atoms with Gasteiger partial charge in [0, 0.05) is 36.9 Å². The van der Waals surface area contributed by atoms with Crippen LogP contribution in [0.3, 0.4) is 0 Å². The van der Waals surface area contributed by atoms with Gasteiger partial charge in [-0.3, -0.25) is 4.90 Å². The van der Waals surface area contributed by atoms with Crippen LogP contribution in [0.2, 0.25) is 5.02 Å². The molecular weight excluding hydrogens is 322 g/mol. The number of rotatable bonds is 6. The normalized spacial score (nSPS) is 18.3. The van der Waals surface area contributed by atoms with Gasteiger partial charge in [-0.05, 0) is 50.1 Å². The average molecular weight is 346 g/mol. The SMILES string of the molecule is CCNc1ccnc(N[C@H]2CCCN(Cc3ccc(Cl)cc3)C2)n1. The highest BCUT2D eigenvalue weighted by molar-refractivity contribution is 6.30. The van der Waals surface area contributed by atoms with Gasteiger partial charge in [-0.2, -0.15) is 4.98 Å². The molecule has 24 heavy (non-hydrogen) atoms. The van der Waals surface area contributed by atoms with E-state index in [1.165, 1.54) is 12.0 Å². The Hall–Kier alpha value is -1.85. The number of nitrogens with one attached hydrogen (secondary N) is 2. The number of benzene rings is 1. The standard InChI is InChI=1S/C18H24ClN5/c1-2-20-17-9-10-21-18(23-17)22-16-4-3-11-24(13-16)12-14-5-7-15(19)8-6-14/h5-10,16H,2-4,11-13H2,1H3,(H2,20,21,22,23)/t16-/m0/s1. The van der Waals surface area contributed by atoms with Crippen LogP contribution in [-0.4, -0.2) is 40.5 Å². The van der Waals surface area contributed by atoms with Crippen molar-refractivity contribution in [2.24, 2.45) is 0 Å². The molecule has 1 atom stereocenters. The molecule has 1 aliphatic heterocycles. The highest BCUT2D eigenvalue weighted by Gasteiger charge is 2.20. The fourth-order valence-corrected chi connectivity index (χ4v) is 3.18. The van der Waals surface area contributed by atoms with Crippen LogP contribution in [0.5, 0.6) is 0 Å². The Kier molecular flexibility index (Phi) is 5.88. The second-order valence-electron chi connectivity index (χ2n) is 6.14. The smallest absolute Gasteiger partial charge is 0.224 e. The van der Waals surface area contributed by atoms with Crippen LogP contribution in [0.1, 0.15) is 25.3 Å². The molecule has 1 aromatic carbocycles. The average Bonchev–Trinajstić information content (AvgIpc) is 2.58. The first kappa shape index (κ1) is 17.0. The van der Waals surface area contributed by atoms with Gasteiger partial charge in [0.05, 0.1) is 0 Å². The van der Waals surface area contributed by atoms with Gasteiger partial charge >= 0.3 is 0 Å². The van der Waals surface area contributed by atoms with Crippen molar-refractivity contribution in [1.29, 1.82) is 0 Å². The first-order valence-electron chi connectivity index (χ1n) is 8.53. The van der Waals surface area contributed by atoms with E-state index >= 15 is 0 Å². The Morgan fingerprint density at radius 2 is 2.08 bits per heavy atom. The third kappa shape index (κ3) is 4.82. The Morgan fingerprint density at radius 1 is 1.25 bits per heavy atom. The predicted molar refractivity (Wildman–Crippen MR) is 99.6 cm³/mol. The quantitative estimate of drug-likeness (QED) is 0.837. The first-order chi connectivity index (χ1) is 11.7. The van der Waals surface area contributed by atoms with Crippen molar-refractivity contribution in [3.8, 4) is 0 Å². The minimum absolute atomic E-state index is 0.378. The maximum atomic E-state index is 5.96. The fourth-order valence-electron chi connectivity index (χ4n) is 3.06. The Balaban J connectivity index is 1.57. The van der Waals surface area contributed by atoms with Crippen LogP contribution in [0.4, 0.5) is 11.8 Å². The van der Waals surface area contributed by atoms with E-state index < -0.39 is 0 Å². The molecule has 128 valence electrons. The van der Waals surface area contributed by atoms with Crippen molar-refractivity contribution < 1.29 is 0 Å². The minimum Gasteiger partial charge on any atom is -0.370 e. The summed E-state index contributed by atoms with van der Waals surface area (Å²) in [4.78, 5) is 11.3. The van der Waals surface area contributed by atoms with E-state index in [1.54, 1.807) is 6.20 Å². The zero-order valence-electron chi connectivity index (χ0n) is 14.0. The molecule has 0 spiro atoms. The van der Waals surface area contributed by atoms with Crippen LogP contribution < -0.4 is 10.6 Å². The Morgan fingerprint density at radius 3 is 2.88 bits per heavy atom. The van der Waals surface area contributed by atoms with Crippen LogP contribution in [0, 0.1) is 0 Å². The summed E-state index contributed by atoms with van der Waals surface area (Å²) in [7, 11) is 0. The molecule has 0 bridgehead atoms. The lowest BCUT2D eigenvalue weighted by molar-refractivity contribution is 0.208. The molecule has 0 saturated carbocycles. The van der Waals surface area contributed by atoms with Crippen molar-refractivity contribution in [2.45, 2.75) is 32.4 Å². The van der Waals surface area contributed by atoms with E-state index in [-0.39, 0.29) is 0 Å². The van der Waals surface area contributed by atoms with Crippen molar-refractivity contribution in [1.82, 2.24) is 14.9 Å². The number of hydrogen-bond donors (Lipinski definition) is 2. The summed E-state index contributed by atoms with van der Waals surface area (Å²) >= 11 is 5.96. The van der Waals surface area contributed by atoms with Crippen molar-refractivity contribution in [3.63, 3.8) is 0 Å². The molecule has 1 aliphatic rings. The number of hydrogen-bond acceptors (Lipinski definition) is 5. The van der Waals surface area contributed by atoms with Crippen molar-refractivity contribution in [2.75, 3.05) is 30.3 Å². The van der Waals surface area contributed by atoms with Gasteiger partial charge in [0.2, 0.25) is 5.95 Å². The molecule has 0 unspecified atom stereocenters. The van der Waals surface area contributed by atoms with E-state index in [4.69, 9.17) is 11.6 Å². The summed E-state index contributed by atoms with van der Waals surface area (Å²) in [5.74, 6) is 1.57. The molecule has 2 N–H and O–H groups in total. The summed E-state index contributed by atoms with van der Waals surface area (Å²) in [6.45, 7) is 5.99. The summed E-state index contributed by atoms with van der Waals surface area (Å²) in [6, 6.07) is 10.4. The van der Waals surface area contributed by atoms with Gasteiger partial charge in [0.1, 0.15) is 5.82 Å². The van der Waals surface area contributed by atoms with Crippen LogP contribution in [0.15, 0.2) is 36.5 Å². The van der Waals surface area contributed by atoms with Crippen molar-refractivity contribution >= 4 is 23.4 Å². The van der Waals surface area contributed by atoms with E-state index in [0.29, 0.717) is 12.0 Å². The predicted octanol–water partition coefficient (Wildman–Crippen LogP) is 3.64. The third-order valence-electron chi connectivity index (χ3n) is 4.17. The number of likely N-dealkylation sites (tertiary alicyclic amines) is 1. The third-order valence-corrected chi connectivity index (χ3v) is 4.42. The van der Waals surface area contributed by atoms with Gasteiger partial charge in [-0.25, -0.2) is 4.98 Å². The molecule has 2 heterocycles. The van der Waals surface area contributed by atoms with E-state index in [9.17, 15) is 0 Å². The molecule has 0 amide bonds. The lowest BCUT2D eigenvalue weighted by Gasteiger charge is -2.33. The number of anilines is 2. The second-order valence-corrected chi connectivity index (χ2v) is 6.58. The summed E-state index contributed by atoms with van der Waals surface area (Å²) in [6.07, 6.45) is 4.12. The molecule has 1 fully saturated rings. The maximum Gasteiger partial charge on any atom is 0.224 e. The van der Waals surface area contributed by atoms with Gasteiger partial charge in [0.25, 0.3) is 0 Å². The van der Waals surface area contributed by atoms with Crippen LogP contribution >= 0.6 is 11.6 Å². The molecule has 3 rings (SSSR count). The van der Waals surface area contributed by atoms with Crippen molar-refractivity contribution in [3.05, 3.63) is 47.1 Å². The molecule has 2 aromatic rings. The van der Waals surface area contributed by atoms with Gasteiger partial charge in [-0.1, -0.05) is 23.7 Å². The Labute approximate surface area is 148 Å². The lowest BCUT2D eigenvalue weighted by atomic mass is 10.0. The summed E-state index contributed by atoms with van der Waals surface area (Å²) in [5.41, 5.74) is 1.30. The topological polar surface area (TPSA) is 53.1 Å². The van der Waals surface area contributed by atoms with Crippen LogP contribution in [-0.2, 0) is 6.54 Å². The van der Waals surface area contributed by atoms with Gasteiger partial charge < -0.3 is 10.6 Å². The molecule has 0 radical (unpaired) electrons. The van der Waals surface area contributed by atoms with Gasteiger partial charge in [0.15, 0.2) is 0 Å². The summed E-state index contributed by atoms with van der Waals surface area (Å²) < 4.78 is 0. The highest BCUT2D eigenvalue weighted by atomic mass is 35.5. The lowest BCUT2D eigenvalue weighted by Crippen LogP contribution is -2.41. The minimum atomic E-state index is 0.378. The molecule has 0 aliphatic carbocycles. The number of piperidine rings is 1. The van der Waals surface area contributed by atoms with E-state index in [1.807, 2.05) is 18.2 Å². The van der Waals surface area contributed by atoms with E-state index in [0.717, 1.165) is 43.4 Å². The fraction of sp³-hybridized carbons (Fsp3) is 0.444. The largest absolute Gasteiger partial charge is 0.370 e. The molecular formula is C18H24ClN5. The zero-order valence-corrected chi connectivity index (χ0v) is 14.8.